The zero-order chi connectivity index (χ0) is 11.4. The smallest absolute Gasteiger partial charge is 0.307 e. The summed E-state index contributed by atoms with van der Waals surface area (Å²) in [7, 11) is 0. The Labute approximate surface area is 90.5 Å². The molecule has 0 aliphatic carbocycles. The van der Waals surface area contributed by atoms with Gasteiger partial charge in [0.1, 0.15) is 0 Å². The Bertz CT molecular complexity index is 352. The minimum Gasteiger partial charge on any atom is -0.481 e. The van der Waals surface area contributed by atoms with Crippen molar-refractivity contribution in [3.05, 3.63) is 5.38 Å². The largest absolute Gasteiger partial charge is 0.481 e. The van der Waals surface area contributed by atoms with E-state index in [4.69, 9.17) is 5.11 Å². The molecular formula is C8H11N3O3S. The molecule has 7 heteroatoms. The number of amides is 1. The first-order valence-electron chi connectivity index (χ1n) is 4.33. The van der Waals surface area contributed by atoms with Crippen molar-refractivity contribution >= 4 is 29.2 Å². The topological polar surface area (TPSA) is 92.2 Å². The highest BCUT2D eigenvalue weighted by atomic mass is 32.1. The summed E-state index contributed by atoms with van der Waals surface area (Å²) in [6, 6.07) is 0. The van der Waals surface area contributed by atoms with Gasteiger partial charge in [-0.05, 0) is 11.5 Å². The molecule has 0 aromatic carbocycles. The molecule has 1 amide bonds. The van der Waals surface area contributed by atoms with Gasteiger partial charge in [0.25, 0.3) is 0 Å². The van der Waals surface area contributed by atoms with Gasteiger partial charge < -0.3 is 10.4 Å². The Morgan fingerprint density at radius 2 is 2.13 bits per heavy atom. The van der Waals surface area contributed by atoms with Gasteiger partial charge in [-0.25, -0.2) is 0 Å². The molecule has 2 atom stereocenters. The van der Waals surface area contributed by atoms with Crippen LogP contribution in [0.3, 0.4) is 0 Å². The molecule has 0 bridgehead atoms. The summed E-state index contributed by atoms with van der Waals surface area (Å²) in [5, 5.41) is 16.4. The molecule has 2 N–H and O–H groups in total. The molecule has 0 saturated carbocycles. The average Bonchev–Trinajstić information content (AvgIpc) is 2.67. The Morgan fingerprint density at radius 1 is 1.47 bits per heavy atom. The lowest BCUT2D eigenvalue weighted by molar-refractivity contribution is -0.145. The number of aromatic nitrogens is 2. The Morgan fingerprint density at radius 3 is 2.60 bits per heavy atom. The lowest BCUT2D eigenvalue weighted by Crippen LogP contribution is -2.30. The zero-order valence-electron chi connectivity index (χ0n) is 8.30. The number of carboxylic acid groups (broad SMARTS) is 1. The highest BCUT2D eigenvalue weighted by molar-refractivity contribution is 7.03. The van der Waals surface area contributed by atoms with Crippen molar-refractivity contribution in [3.8, 4) is 0 Å². The second-order valence-corrected chi connectivity index (χ2v) is 3.80. The van der Waals surface area contributed by atoms with Crippen LogP contribution >= 0.6 is 11.5 Å². The molecule has 1 heterocycles. The molecule has 1 rings (SSSR count). The Hall–Kier alpha value is -1.50. The molecule has 1 aromatic rings. The minimum atomic E-state index is -0.992. The van der Waals surface area contributed by atoms with E-state index in [2.05, 4.69) is 14.9 Å². The number of carboxylic acids is 1. The van der Waals surface area contributed by atoms with Crippen LogP contribution in [0.25, 0.3) is 0 Å². The zero-order valence-corrected chi connectivity index (χ0v) is 9.11. The summed E-state index contributed by atoms with van der Waals surface area (Å²) >= 11 is 1.12. The first kappa shape index (κ1) is 11.6. The number of aliphatic carboxylic acids is 1. The van der Waals surface area contributed by atoms with E-state index >= 15 is 0 Å². The predicted molar refractivity (Wildman–Crippen MR) is 54.5 cm³/mol. The lowest BCUT2D eigenvalue weighted by Gasteiger charge is -2.14. The van der Waals surface area contributed by atoms with Crippen molar-refractivity contribution in [1.29, 1.82) is 0 Å². The second kappa shape index (κ2) is 4.83. The van der Waals surface area contributed by atoms with Gasteiger partial charge in [0.2, 0.25) is 5.91 Å². The van der Waals surface area contributed by atoms with Crippen molar-refractivity contribution in [3.63, 3.8) is 0 Å². The maximum absolute atomic E-state index is 11.5. The van der Waals surface area contributed by atoms with Crippen molar-refractivity contribution in [1.82, 2.24) is 9.59 Å². The van der Waals surface area contributed by atoms with Gasteiger partial charge in [0.05, 0.1) is 11.3 Å². The van der Waals surface area contributed by atoms with Gasteiger partial charge in [-0.1, -0.05) is 18.3 Å². The van der Waals surface area contributed by atoms with Crippen LogP contribution in [0.15, 0.2) is 5.38 Å². The average molecular weight is 229 g/mol. The third-order valence-electron chi connectivity index (χ3n) is 2.16. The summed E-state index contributed by atoms with van der Waals surface area (Å²) in [4.78, 5) is 22.2. The number of rotatable bonds is 4. The summed E-state index contributed by atoms with van der Waals surface area (Å²) in [6.07, 6.45) is 0. The molecular weight excluding hydrogens is 218 g/mol. The lowest BCUT2D eigenvalue weighted by atomic mass is 9.95. The molecule has 15 heavy (non-hydrogen) atoms. The predicted octanol–water partition coefficient (Wildman–Crippen LogP) is 0.833. The maximum Gasteiger partial charge on any atom is 0.307 e. The highest BCUT2D eigenvalue weighted by Crippen LogP contribution is 2.14. The van der Waals surface area contributed by atoms with Crippen molar-refractivity contribution in [2.24, 2.45) is 11.8 Å². The van der Waals surface area contributed by atoms with Gasteiger partial charge in [0, 0.05) is 5.92 Å². The number of nitrogens with zero attached hydrogens (tertiary/aromatic N) is 2. The van der Waals surface area contributed by atoms with Crippen LogP contribution < -0.4 is 5.32 Å². The van der Waals surface area contributed by atoms with E-state index in [-0.39, 0.29) is 5.91 Å². The second-order valence-electron chi connectivity index (χ2n) is 3.19. The molecule has 82 valence electrons. The van der Waals surface area contributed by atoms with Crippen LogP contribution in [0.5, 0.6) is 0 Å². The fraction of sp³-hybridized carbons (Fsp3) is 0.500. The first-order valence-corrected chi connectivity index (χ1v) is 5.16. The summed E-state index contributed by atoms with van der Waals surface area (Å²) in [5.41, 5.74) is 0. The van der Waals surface area contributed by atoms with Crippen LogP contribution in [-0.2, 0) is 9.59 Å². The molecule has 0 fully saturated rings. The fourth-order valence-corrected chi connectivity index (χ4v) is 1.29. The molecule has 0 radical (unpaired) electrons. The fourth-order valence-electron chi connectivity index (χ4n) is 0.900. The molecule has 1 aromatic heterocycles. The SMILES string of the molecule is CC(C(=O)O)C(C)C(=O)Nc1csnn1. The van der Waals surface area contributed by atoms with Crippen molar-refractivity contribution in [2.75, 3.05) is 5.32 Å². The number of hydrogen-bond donors (Lipinski definition) is 2. The van der Waals surface area contributed by atoms with E-state index in [0.29, 0.717) is 5.82 Å². The van der Waals surface area contributed by atoms with E-state index in [1.54, 1.807) is 12.3 Å². The van der Waals surface area contributed by atoms with Gasteiger partial charge in [-0.2, -0.15) is 0 Å². The minimum absolute atomic E-state index is 0.356. The van der Waals surface area contributed by atoms with E-state index in [1.807, 2.05) is 0 Å². The van der Waals surface area contributed by atoms with Crippen LogP contribution in [0.1, 0.15) is 13.8 Å². The number of nitrogens with one attached hydrogen (secondary N) is 1. The maximum atomic E-state index is 11.5. The Kier molecular flexibility index (Phi) is 3.73. The molecule has 0 saturated heterocycles. The van der Waals surface area contributed by atoms with Gasteiger partial charge in [-0.3, -0.25) is 9.59 Å². The van der Waals surface area contributed by atoms with E-state index in [9.17, 15) is 9.59 Å². The number of carbonyl (C=O) groups is 2. The van der Waals surface area contributed by atoms with Gasteiger partial charge in [0.15, 0.2) is 5.82 Å². The first-order chi connectivity index (χ1) is 7.02. The quantitative estimate of drug-likeness (QED) is 0.797. The number of anilines is 1. The third kappa shape index (κ3) is 2.98. The van der Waals surface area contributed by atoms with Crippen LogP contribution in [0, 0.1) is 11.8 Å². The molecule has 6 nitrogen and oxygen atoms in total. The summed E-state index contributed by atoms with van der Waals surface area (Å²) < 4.78 is 3.58. The summed E-state index contributed by atoms with van der Waals surface area (Å²) in [5.74, 6) is -2.33. The molecule has 2 unspecified atom stereocenters. The van der Waals surface area contributed by atoms with Crippen LogP contribution in [0.4, 0.5) is 5.82 Å². The van der Waals surface area contributed by atoms with Crippen LogP contribution in [0.2, 0.25) is 0 Å². The number of carbonyl (C=O) groups excluding carboxylic acids is 1. The van der Waals surface area contributed by atoms with Crippen LogP contribution in [-0.4, -0.2) is 26.6 Å². The van der Waals surface area contributed by atoms with Gasteiger partial charge >= 0.3 is 5.97 Å². The summed E-state index contributed by atoms with van der Waals surface area (Å²) in [6.45, 7) is 3.06. The third-order valence-corrected chi connectivity index (χ3v) is 2.67. The molecule has 0 aliphatic heterocycles. The normalized spacial score (nSPS) is 14.3. The van der Waals surface area contributed by atoms with Gasteiger partial charge in [-0.15, -0.1) is 5.10 Å². The highest BCUT2D eigenvalue weighted by Gasteiger charge is 2.26. The van der Waals surface area contributed by atoms with E-state index in [1.165, 1.54) is 6.92 Å². The van der Waals surface area contributed by atoms with E-state index < -0.39 is 17.8 Å². The Balaban J connectivity index is 2.57. The molecule has 0 aliphatic rings. The standard InChI is InChI=1S/C8H11N3O3S/c1-4(5(2)8(13)14)7(12)9-6-3-15-11-10-6/h3-5H,1-2H3,(H,9,12)(H,13,14). The molecule has 0 spiro atoms. The number of hydrogen-bond acceptors (Lipinski definition) is 5. The van der Waals surface area contributed by atoms with Crippen molar-refractivity contribution < 1.29 is 14.7 Å². The van der Waals surface area contributed by atoms with E-state index in [0.717, 1.165) is 11.5 Å². The van der Waals surface area contributed by atoms with Crippen molar-refractivity contribution in [2.45, 2.75) is 13.8 Å². The monoisotopic (exact) mass is 229 g/mol.